The van der Waals surface area contributed by atoms with Gasteiger partial charge < -0.3 is 4.90 Å². The highest BCUT2D eigenvalue weighted by Gasteiger charge is 2.38. The lowest BCUT2D eigenvalue weighted by atomic mass is 9.98. The molecule has 1 aromatic heterocycles. The second-order valence-corrected chi connectivity index (χ2v) is 6.18. The normalized spacial score (nSPS) is 19.3. The van der Waals surface area contributed by atoms with Gasteiger partial charge in [-0.15, -0.1) is 11.3 Å². The molecule has 112 valence electrons. The van der Waals surface area contributed by atoms with Gasteiger partial charge >= 0.3 is 0 Å². The first-order chi connectivity index (χ1) is 10.1. The summed E-state index contributed by atoms with van der Waals surface area (Å²) in [6, 6.07) is 1.60. The Bertz CT molecular complexity index is 576. The molecule has 2 heterocycles. The number of aryl methyl sites for hydroxylation is 1. The van der Waals surface area contributed by atoms with Crippen LogP contribution in [-0.4, -0.2) is 34.2 Å². The predicted molar refractivity (Wildman–Crippen MR) is 79.9 cm³/mol. The van der Waals surface area contributed by atoms with E-state index in [9.17, 15) is 14.9 Å². The summed E-state index contributed by atoms with van der Waals surface area (Å²) in [5.41, 5.74) is 0.813. The smallest absolute Gasteiger partial charge is 0.223 e. The van der Waals surface area contributed by atoms with Crippen molar-refractivity contribution >= 4 is 23.0 Å². The van der Waals surface area contributed by atoms with E-state index in [2.05, 4.69) is 11.1 Å². The van der Waals surface area contributed by atoms with Crippen molar-refractivity contribution in [1.29, 1.82) is 5.26 Å². The zero-order valence-electron chi connectivity index (χ0n) is 12.3. The number of carbonyl (C=O) groups excluding carboxylic acids is 2. The minimum Gasteiger partial charge on any atom is -0.333 e. The van der Waals surface area contributed by atoms with Gasteiger partial charge in [-0.1, -0.05) is 6.92 Å². The van der Waals surface area contributed by atoms with Crippen molar-refractivity contribution in [3.05, 3.63) is 16.1 Å². The van der Waals surface area contributed by atoms with Gasteiger partial charge in [0.2, 0.25) is 5.91 Å². The minimum atomic E-state index is -0.858. The van der Waals surface area contributed by atoms with Crippen molar-refractivity contribution in [3.63, 3.8) is 0 Å². The third-order valence-electron chi connectivity index (χ3n) is 3.66. The molecule has 1 aromatic rings. The molecule has 0 N–H and O–H groups in total. The lowest BCUT2D eigenvalue weighted by Crippen LogP contribution is -2.42. The standard InChI is InChI=1S/C15H19N3O2S/c1-3-5-13(19)18-7-4-6-12(18)14(20)11(8-16)15-17-10(2)9-21-15/h9,11-12H,3-7H2,1-2H3. The van der Waals surface area contributed by atoms with Crippen LogP contribution in [0.5, 0.6) is 0 Å². The molecule has 0 saturated carbocycles. The van der Waals surface area contributed by atoms with Crippen molar-refractivity contribution in [2.75, 3.05) is 6.54 Å². The fourth-order valence-corrected chi connectivity index (χ4v) is 3.50. The summed E-state index contributed by atoms with van der Waals surface area (Å²) in [5, 5.41) is 11.7. The molecule has 0 aromatic carbocycles. The molecule has 2 unspecified atom stereocenters. The van der Waals surface area contributed by atoms with Crippen LogP contribution < -0.4 is 0 Å². The summed E-state index contributed by atoms with van der Waals surface area (Å²) < 4.78 is 0. The molecule has 0 radical (unpaired) electrons. The number of thiazole rings is 1. The number of hydrogen-bond acceptors (Lipinski definition) is 5. The number of carbonyl (C=O) groups is 2. The van der Waals surface area contributed by atoms with Gasteiger partial charge in [-0.2, -0.15) is 5.26 Å². The highest BCUT2D eigenvalue weighted by atomic mass is 32.1. The molecule has 2 rings (SSSR count). The van der Waals surface area contributed by atoms with Crippen molar-refractivity contribution < 1.29 is 9.59 Å². The molecule has 1 amide bonds. The Morgan fingerprint density at radius 3 is 2.95 bits per heavy atom. The number of amides is 1. The van der Waals surface area contributed by atoms with Gasteiger partial charge in [-0.25, -0.2) is 4.98 Å². The van der Waals surface area contributed by atoms with Crippen molar-refractivity contribution in [3.8, 4) is 6.07 Å². The molecular weight excluding hydrogens is 286 g/mol. The average molecular weight is 305 g/mol. The topological polar surface area (TPSA) is 74.1 Å². The van der Waals surface area contributed by atoms with Crippen molar-refractivity contribution in [1.82, 2.24) is 9.88 Å². The molecule has 0 aliphatic carbocycles. The number of aromatic nitrogens is 1. The Hall–Kier alpha value is -1.74. The first-order valence-corrected chi connectivity index (χ1v) is 8.11. The number of nitrogens with zero attached hydrogens (tertiary/aromatic N) is 3. The van der Waals surface area contributed by atoms with Gasteiger partial charge in [0.1, 0.15) is 5.01 Å². The fourth-order valence-electron chi connectivity index (χ4n) is 2.66. The third-order valence-corrected chi connectivity index (χ3v) is 4.69. The molecular formula is C15H19N3O2S. The summed E-state index contributed by atoms with van der Waals surface area (Å²) in [6.07, 6.45) is 2.69. The molecule has 5 nitrogen and oxygen atoms in total. The molecule has 1 aliphatic rings. The summed E-state index contributed by atoms with van der Waals surface area (Å²) >= 11 is 1.33. The fraction of sp³-hybridized carbons (Fsp3) is 0.600. The maximum absolute atomic E-state index is 12.7. The number of ketones is 1. The van der Waals surface area contributed by atoms with E-state index in [1.807, 2.05) is 19.2 Å². The summed E-state index contributed by atoms with van der Waals surface area (Å²) in [4.78, 5) is 30.6. The molecule has 6 heteroatoms. The monoisotopic (exact) mass is 305 g/mol. The number of nitriles is 1. The zero-order chi connectivity index (χ0) is 15.4. The molecule has 21 heavy (non-hydrogen) atoms. The van der Waals surface area contributed by atoms with E-state index >= 15 is 0 Å². The van der Waals surface area contributed by atoms with Gasteiger partial charge in [-0.3, -0.25) is 9.59 Å². The quantitative estimate of drug-likeness (QED) is 0.837. The average Bonchev–Trinajstić information content (AvgIpc) is 3.09. The predicted octanol–water partition coefficient (Wildman–Crippen LogP) is 2.42. The van der Waals surface area contributed by atoms with Gasteiger partial charge in [0.25, 0.3) is 0 Å². The lowest BCUT2D eigenvalue weighted by molar-refractivity contribution is -0.137. The van der Waals surface area contributed by atoms with E-state index in [0.717, 1.165) is 18.5 Å². The Morgan fingerprint density at radius 1 is 1.62 bits per heavy atom. The van der Waals surface area contributed by atoms with Crippen LogP contribution in [0.3, 0.4) is 0 Å². The zero-order valence-corrected chi connectivity index (χ0v) is 13.2. The van der Waals surface area contributed by atoms with E-state index in [4.69, 9.17) is 0 Å². The summed E-state index contributed by atoms with van der Waals surface area (Å²) in [7, 11) is 0. The minimum absolute atomic E-state index is 0.0142. The maximum Gasteiger partial charge on any atom is 0.223 e. The second kappa shape index (κ2) is 6.81. The van der Waals surface area contributed by atoms with Crippen LogP contribution in [0.1, 0.15) is 49.2 Å². The maximum atomic E-state index is 12.7. The highest BCUT2D eigenvalue weighted by Crippen LogP contribution is 2.28. The van der Waals surface area contributed by atoms with Crippen molar-refractivity contribution in [2.24, 2.45) is 0 Å². The first kappa shape index (κ1) is 15.6. The van der Waals surface area contributed by atoms with E-state index < -0.39 is 12.0 Å². The van der Waals surface area contributed by atoms with E-state index in [-0.39, 0.29) is 11.7 Å². The van der Waals surface area contributed by atoms with Gasteiger partial charge in [0, 0.05) is 24.0 Å². The summed E-state index contributed by atoms with van der Waals surface area (Å²) in [5.74, 6) is -1.03. The first-order valence-electron chi connectivity index (χ1n) is 7.23. The number of rotatable bonds is 5. The van der Waals surface area contributed by atoms with Crippen LogP contribution >= 0.6 is 11.3 Å². The van der Waals surface area contributed by atoms with E-state index in [0.29, 0.717) is 24.4 Å². The van der Waals surface area contributed by atoms with Crippen LogP contribution in [0, 0.1) is 18.3 Å². The molecule has 1 aliphatic heterocycles. The summed E-state index contributed by atoms with van der Waals surface area (Å²) in [6.45, 7) is 4.40. The van der Waals surface area contributed by atoms with Crippen LogP contribution in [0.15, 0.2) is 5.38 Å². The lowest BCUT2D eigenvalue weighted by Gasteiger charge is -2.24. The van der Waals surface area contributed by atoms with Crippen LogP contribution in [0.25, 0.3) is 0 Å². The van der Waals surface area contributed by atoms with Gasteiger partial charge in [0.05, 0.1) is 12.1 Å². The number of Topliss-reactive ketones (excluding diaryl/α,β-unsaturated/α-hetero) is 1. The van der Waals surface area contributed by atoms with Crippen LogP contribution in [0.4, 0.5) is 0 Å². The van der Waals surface area contributed by atoms with Gasteiger partial charge in [0.15, 0.2) is 11.7 Å². The van der Waals surface area contributed by atoms with Crippen LogP contribution in [0.2, 0.25) is 0 Å². The SMILES string of the molecule is CCCC(=O)N1CCCC1C(=O)C(C#N)c1nc(C)cs1. The Kier molecular flexibility index (Phi) is 5.07. The number of likely N-dealkylation sites (tertiary alicyclic amines) is 1. The molecule has 1 fully saturated rings. The molecule has 0 spiro atoms. The Labute approximate surface area is 128 Å². The highest BCUT2D eigenvalue weighted by molar-refractivity contribution is 7.09. The van der Waals surface area contributed by atoms with E-state index in [1.54, 1.807) is 4.90 Å². The van der Waals surface area contributed by atoms with Crippen LogP contribution in [-0.2, 0) is 9.59 Å². The van der Waals surface area contributed by atoms with E-state index in [1.165, 1.54) is 11.3 Å². The number of hydrogen-bond donors (Lipinski definition) is 0. The second-order valence-electron chi connectivity index (χ2n) is 5.29. The Morgan fingerprint density at radius 2 is 2.38 bits per heavy atom. The molecule has 1 saturated heterocycles. The Balaban J connectivity index is 2.17. The van der Waals surface area contributed by atoms with Gasteiger partial charge in [-0.05, 0) is 26.2 Å². The molecule has 0 bridgehead atoms. The molecule has 2 atom stereocenters. The van der Waals surface area contributed by atoms with Crippen molar-refractivity contribution in [2.45, 2.75) is 51.5 Å². The largest absolute Gasteiger partial charge is 0.333 e. The third kappa shape index (κ3) is 3.30.